The molecule has 1 unspecified atom stereocenters. The first-order valence-electron chi connectivity index (χ1n) is 8.44. The molecule has 6 nitrogen and oxygen atoms in total. The van der Waals surface area contributed by atoms with Crippen molar-refractivity contribution in [2.45, 2.75) is 32.2 Å². The van der Waals surface area contributed by atoms with Crippen molar-refractivity contribution in [1.29, 1.82) is 0 Å². The molecule has 2 aromatic rings. The summed E-state index contributed by atoms with van der Waals surface area (Å²) >= 11 is 0.946. The second-order valence-electron chi connectivity index (χ2n) is 6.32. The highest BCUT2D eigenvalue weighted by Gasteiger charge is 2.26. The highest BCUT2D eigenvalue weighted by Crippen LogP contribution is 2.31. The Labute approximate surface area is 154 Å². The Bertz CT molecular complexity index is 824. The number of amides is 1. The Hall–Kier alpha value is -2.32. The SMILES string of the molecule is Cc1nc(NC(=O)CN2CCCCC2c2cccc(F)c2)sc1C(=O)O. The number of piperidine rings is 1. The second-order valence-corrected chi connectivity index (χ2v) is 7.32. The van der Waals surface area contributed by atoms with E-state index in [2.05, 4.69) is 10.3 Å². The zero-order valence-electron chi connectivity index (χ0n) is 14.4. The van der Waals surface area contributed by atoms with E-state index in [1.165, 1.54) is 12.1 Å². The molecule has 1 aliphatic heterocycles. The van der Waals surface area contributed by atoms with Crippen molar-refractivity contribution < 1.29 is 19.1 Å². The highest BCUT2D eigenvalue weighted by molar-refractivity contribution is 7.17. The summed E-state index contributed by atoms with van der Waals surface area (Å²) in [6, 6.07) is 6.49. The van der Waals surface area contributed by atoms with Crippen molar-refractivity contribution in [3.05, 3.63) is 46.2 Å². The smallest absolute Gasteiger partial charge is 0.347 e. The molecule has 1 fully saturated rings. The molecule has 1 aromatic heterocycles. The van der Waals surface area contributed by atoms with Gasteiger partial charge in [0, 0.05) is 6.04 Å². The number of nitrogens with one attached hydrogen (secondary N) is 1. The van der Waals surface area contributed by atoms with E-state index in [0.29, 0.717) is 5.69 Å². The maximum atomic E-state index is 13.6. The predicted octanol–water partition coefficient (Wildman–Crippen LogP) is 3.45. The Balaban J connectivity index is 1.68. The van der Waals surface area contributed by atoms with E-state index in [9.17, 15) is 14.0 Å². The number of hydrogen-bond donors (Lipinski definition) is 2. The van der Waals surface area contributed by atoms with Gasteiger partial charge in [0.05, 0.1) is 12.2 Å². The van der Waals surface area contributed by atoms with Gasteiger partial charge in [-0.15, -0.1) is 0 Å². The van der Waals surface area contributed by atoms with Crippen molar-refractivity contribution in [3.63, 3.8) is 0 Å². The van der Waals surface area contributed by atoms with Gasteiger partial charge in [0.15, 0.2) is 5.13 Å². The summed E-state index contributed by atoms with van der Waals surface area (Å²) in [5.41, 5.74) is 1.25. The molecule has 0 spiro atoms. The van der Waals surface area contributed by atoms with Crippen molar-refractivity contribution >= 4 is 28.3 Å². The number of halogens is 1. The third-order valence-corrected chi connectivity index (χ3v) is 5.49. The fourth-order valence-electron chi connectivity index (χ4n) is 3.26. The lowest BCUT2D eigenvalue weighted by Gasteiger charge is -2.35. The van der Waals surface area contributed by atoms with E-state index in [4.69, 9.17) is 5.11 Å². The number of carboxylic acid groups (broad SMARTS) is 1. The quantitative estimate of drug-likeness (QED) is 0.834. The largest absolute Gasteiger partial charge is 0.477 e. The summed E-state index contributed by atoms with van der Waals surface area (Å²) in [6.45, 7) is 2.51. The molecular formula is C18H20FN3O3S. The monoisotopic (exact) mass is 377 g/mol. The molecule has 138 valence electrons. The number of aromatic nitrogens is 1. The first-order chi connectivity index (χ1) is 12.4. The van der Waals surface area contributed by atoms with Gasteiger partial charge in [0.2, 0.25) is 5.91 Å². The molecule has 2 N–H and O–H groups in total. The van der Waals surface area contributed by atoms with Gasteiger partial charge in [-0.2, -0.15) is 0 Å². The summed E-state index contributed by atoms with van der Waals surface area (Å²) in [5.74, 6) is -1.58. The van der Waals surface area contributed by atoms with Crippen molar-refractivity contribution in [3.8, 4) is 0 Å². The molecule has 0 radical (unpaired) electrons. The number of anilines is 1. The second kappa shape index (κ2) is 7.92. The average molecular weight is 377 g/mol. The number of carbonyl (C=O) groups is 2. The first-order valence-corrected chi connectivity index (χ1v) is 9.26. The first kappa shape index (κ1) is 18.5. The van der Waals surface area contributed by atoms with Crippen LogP contribution in [-0.2, 0) is 4.79 Å². The lowest BCUT2D eigenvalue weighted by atomic mass is 9.95. The number of rotatable bonds is 5. The maximum Gasteiger partial charge on any atom is 0.347 e. The lowest BCUT2D eigenvalue weighted by Crippen LogP contribution is -2.39. The number of nitrogens with zero attached hydrogens (tertiary/aromatic N) is 2. The summed E-state index contributed by atoms with van der Waals surface area (Å²) in [7, 11) is 0. The van der Waals surface area contributed by atoms with Gasteiger partial charge >= 0.3 is 5.97 Å². The zero-order chi connectivity index (χ0) is 18.7. The number of carboxylic acids is 1. The molecule has 1 saturated heterocycles. The molecule has 0 aliphatic carbocycles. The number of aromatic carboxylic acids is 1. The van der Waals surface area contributed by atoms with Gasteiger partial charge in [0.1, 0.15) is 10.7 Å². The van der Waals surface area contributed by atoms with E-state index in [0.717, 1.165) is 42.7 Å². The van der Waals surface area contributed by atoms with E-state index >= 15 is 0 Å². The van der Waals surface area contributed by atoms with Crippen LogP contribution < -0.4 is 5.32 Å². The predicted molar refractivity (Wildman–Crippen MR) is 97.0 cm³/mol. The summed E-state index contributed by atoms with van der Waals surface area (Å²) < 4.78 is 13.6. The molecule has 1 aliphatic rings. The van der Waals surface area contributed by atoms with Crippen LogP contribution in [0.25, 0.3) is 0 Å². The van der Waals surface area contributed by atoms with Gasteiger partial charge in [-0.3, -0.25) is 9.69 Å². The van der Waals surface area contributed by atoms with Gasteiger partial charge in [-0.1, -0.05) is 29.9 Å². The summed E-state index contributed by atoms with van der Waals surface area (Å²) in [4.78, 5) is 29.7. The standard InChI is InChI=1S/C18H20FN3O3S/c1-11-16(17(24)25)26-18(20-11)21-15(23)10-22-8-3-2-7-14(22)12-5-4-6-13(19)9-12/h4-6,9,14H,2-3,7-8,10H2,1H3,(H,24,25)(H,20,21,23). The van der Waals surface area contributed by atoms with Crippen LogP contribution in [0.4, 0.5) is 9.52 Å². The van der Waals surface area contributed by atoms with Crippen LogP contribution in [0, 0.1) is 12.7 Å². The summed E-state index contributed by atoms with van der Waals surface area (Å²) in [6.07, 6.45) is 2.89. The lowest BCUT2D eigenvalue weighted by molar-refractivity contribution is -0.118. The van der Waals surface area contributed by atoms with Crippen LogP contribution in [0.1, 0.15) is 46.2 Å². The fourth-order valence-corrected chi connectivity index (χ4v) is 4.08. The normalized spacial score (nSPS) is 17.8. The third kappa shape index (κ3) is 4.25. The Morgan fingerprint density at radius 1 is 1.42 bits per heavy atom. The highest BCUT2D eigenvalue weighted by atomic mass is 32.1. The average Bonchev–Trinajstić information content (AvgIpc) is 2.95. The minimum absolute atomic E-state index is 0.00203. The van der Waals surface area contributed by atoms with E-state index in [1.807, 2.05) is 11.0 Å². The minimum atomic E-state index is -1.05. The zero-order valence-corrected chi connectivity index (χ0v) is 15.2. The van der Waals surface area contributed by atoms with Gasteiger partial charge < -0.3 is 10.4 Å². The number of likely N-dealkylation sites (tertiary alicyclic amines) is 1. The minimum Gasteiger partial charge on any atom is -0.477 e. The van der Waals surface area contributed by atoms with Crippen molar-refractivity contribution in [2.75, 3.05) is 18.4 Å². The Kier molecular flexibility index (Phi) is 5.63. The molecule has 1 aromatic carbocycles. The van der Waals surface area contributed by atoms with Gasteiger partial charge in [-0.25, -0.2) is 14.2 Å². The number of benzene rings is 1. The molecular weight excluding hydrogens is 357 g/mol. The molecule has 8 heteroatoms. The Morgan fingerprint density at radius 3 is 2.92 bits per heavy atom. The molecule has 0 bridgehead atoms. The number of hydrogen-bond acceptors (Lipinski definition) is 5. The third-order valence-electron chi connectivity index (χ3n) is 4.43. The molecule has 1 atom stereocenters. The number of aryl methyl sites for hydroxylation is 1. The fraction of sp³-hybridized carbons (Fsp3) is 0.389. The van der Waals surface area contributed by atoms with Crippen LogP contribution in [-0.4, -0.2) is 40.0 Å². The van der Waals surface area contributed by atoms with Crippen LogP contribution in [0.15, 0.2) is 24.3 Å². The molecule has 0 saturated carbocycles. The van der Waals surface area contributed by atoms with Crippen LogP contribution in [0.2, 0.25) is 0 Å². The number of thiazole rings is 1. The van der Waals surface area contributed by atoms with Gasteiger partial charge in [-0.05, 0) is 44.0 Å². The van der Waals surface area contributed by atoms with Crippen LogP contribution in [0.5, 0.6) is 0 Å². The summed E-state index contributed by atoms with van der Waals surface area (Å²) in [5, 5.41) is 12.0. The van der Waals surface area contributed by atoms with Crippen molar-refractivity contribution in [2.24, 2.45) is 0 Å². The Morgan fingerprint density at radius 2 is 2.23 bits per heavy atom. The number of carbonyl (C=O) groups excluding carboxylic acids is 1. The maximum absolute atomic E-state index is 13.6. The topological polar surface area (TPSA) is 82.5 Å². The molecule has 3 rings (SSSR count). The molecule has 2 heterocycles. The van der Waals surface area contributed by atoms with E-state index in [-0.39, 0.29) is 34.3 Å². The van der Waals surface area contributed by atoms with E-state index < -0.39 is 5.97 Å². The molecule has 26 heavy (non-hydrogen) atoms. The molecule has 1 amide bonds. The van der Waals surface area contributed by atoms with Crippen LogP contribution in [0.3, 0.4) is 0 Å². The van der Waals surface area contributed by atoms with Crippen molar-refractivity contribution in [1.82, 2.24) is 9.88 Å². The van der Waals surface area contributed by atoms with Gasteiger partial charge in [0.25, 0.3) is 0 Å². The van der Waals surface area contributed by atoms with Crippen LogP contribution >= 0.6 is 11.3 Å². The van der Waals surface area contributed by atoms with E-state index in [1.54, 1.807) is 13.0 Å².